The van der Waals surface area contributed by atoms with Gasteiger partial charge in [0, 0.05) is 6.04 Å². The lowest BCUT2D eigenvalue weighted by Crippen LogP contribution is -2.57. The van der Waals surface area contributed by atoms with Gasteiger partial charge in [0.1, 0.15) is 5.54 Å². The summed E-state index contributed by atoms with van der Waals surface area (Å²) < 4.78 is 0. The molecule has 2 aromatic rings. The first-order valence-electron chi connectivity index (χ1n) is 10.2. The van der Waals surface area contributed by atoms with Crippen LogP contribution in [0.1, 0.15) is 17.5 Å². The third-order valence-electron chi connectivity index (χ3n) is 6.16. The van der Waals surface area contributed by atoms with Crippen molar-refractivity contribution in [3.8, 4) is 0 Å². The van der Waals surface area contributed by atoms with Gasteiger partial charge < -0.3 is 10.2 Å². The van der Waals surface area contributed by atoms with Gasteiger partial charge in [0.25, 0.3) is 0 Å². The number of amides is 2. The number of aryl methyl sites for hydroxylation is 1. The molecule has 164 valence electrons. The van der Waals surface area contributed by atoms with E-state index in [9.17, 15) is 29.4 Å². The zero-order chi connectivity index (χ0) is 23.0. The van der Waals surface area contributed by atoms with Gasteiger partial charge in [0.2, 0.25) is 11.8 Å². The van der Waals surface area contributed by atoms with Crippen molar-refractivity contribution < 1.29 is 29.4 Å². The van der Waals surface area contributed by atoms with E-state index in [1.165, 1.54) is 0 Å². The maximum atomic E-state index is 13.5. The molecular weight excluding hydrogens is 412 g/mol. The molecule has 2 fully saturated rings. The summed E-state index contributed by atoms with van der Waals surface area (Å²) in [6.07, 6.45) is 2.52. The molecule has 3 N–H and O–H groups in total. The smallest absolute Gasteiger partial charge is 0.325 e. The Bertz CT molecular complexity index is 1130. The zero-order valence-electron chi connectivity index (χ0n) is 17.3. The molecule has 32 heavy (non-hydrogen) atoms. The molecule has 2 aromatic carbocycles. The summed E-state index contributed by atoms with van der Waals surface area (Å²) in [6.45, 7) is 1.75. The Labute approximate surface area is 184 Å². The summed E-state index contributed by atoms with van der Waals surface area (Å²) in [5.41, 5.74) is -0.230. The van der Waals surface area contributed by atoms with Gasteiger partial charge in [-0.2, -0.15) is 0 Å². The van der Waals surface area contributed by atoms with Gasteiger partial charge >= 0.3 is 11.9 Å². The maximum Gasteiger partial charge on any atom is 0.325 e. The Balaban J connectivity index is 1.81. The lowest BCUT2D eigenvalue weighted by molar-refractivity contribution is -0.154. The molecule has 0 spiro atoms. The second-order valence-electron chi connectivity index (χ2n) is 8.09. The predicted octanol–water partition coefficient (Wildman–Crippen LogP) is 2.08. The maximum absolute atomic E-state index is 13.5. The highest BCUT2D eigenvalue weighted by molar-refractivity contribution is 6.24. The highest BCUT2D eigenvalue weighted by Gasteiger charge is 2.68. The number of carboxylic acids is 2. The molecule has 4 rings (SSSR count). The van der Waals surface area contributed by atoms with E-state index >= 15 is 0 Å². The van der Waals surface area contributed by atoms with Gasteiger partial charge in [0.15, 0.2) is 0 Å². The number of carbonyl (C=O) groups is 4. The van der Waals surface area contributed by atoms with E-state index in [-0.39, 0.29) is 0 Å². The second kappa shape index (κ2) is 8.05. The van der Waals surface area contributed by atoms with E-state index in [1.807, 2.05) is 30.3 Å². The van der Waals surface area contributed by atoms with Crippen LogP contribution in [0.3, 0.4) is 0 Å². The highest BCUT2D eigenvalue weighted by Crippen LogP contribution is 2.46. The third-order valence-corrected chi connectivity index (χ3v) is 6.16. The average molecular weight is 434 g/mol. The summed E-state index contributed by atoms with van der Waals surface area (Å²) in [5, 5.41) is 22.3. The lowest BCUT2D eigenvalue weighted by Gasteiger charge is -2.29. The van der Waals surface area contributed by atoms with Gasteiger partial charge in [-0.1, -0.05) is 60.7 Å². The number of anilines is 1. The van der Waals surface area contributed by atoms with Crippen LogP contribution in [0.15, 0.2) is 60.7 Å². The monoisotopic (exact) mass is 434 g/mol. The van der Waals surface area contributed by atoms with Crippen molar-refractivity contribution in [3.05, 3.63) is 71.8 Å². The number of hydrogen-bond donors (Lipinski definition) is 3. The number of aliphatic carboxylic acids is 2. The first-order chi connectivity index (χ1) is 15.3. The summed E-state index contributed by atoms with van der Waals surface area (Å²) in [4.78, 5) is 51.9. The molecule has 2 aliphatic rings. The van der Waals surface area contributed by atoms with Crippen LogP contribution in [0, 0.1) is 18.8 Å². The summed E-state index contributed by atoms with van der Waals surface area (Å²) in [6, 6.07) is 15.2. The topological polar surface area (TPSA) is 124 Å². The fourth-order valence-electron chi connectivity index (χ4n) is 4.72. The fraction of sp³-hybridized carbons (Fsp3) is 0.250. The molecule has 0 radical (unpaired) electrons. The number of nitrogens with one attached hydrogen (secondary N) is 1. The van der Waals surface area contributed by atoms with Crippen molar-refractivity contribution >= 4 is 35.5 Å². The second-order valence-corrected chi connectivity index (χ2v) is 8.09. The number of imide groups is 1. The number of para-hydroxylation sites is 1. The molecule has 2 aliphatic heterocycles. The summed E-state index contributed by atoms with van der Waals surface area (Å²) in [5.74, 6) is -6.50. The van der Waals surface area contributed by atoms with Gasteiger partial charge in [-0.25, -0.2) is 4.90 Å². The highest BCUT2D eigenvalue weighted by atomic mass is 16.4. The Kier molecular flexibility index (Phi) is 5.40. The van der Waals surface area contributed by atoms with Crippen molar-refractivity contribution in [1.82, 2.24) is 5.32 Å². The van der Waals surface area contributed by atoms with Crippen molar-refractivity contribution in [2.75, 3.05) is 4.90 Å². The normalized spacial score (nSPS) is 27.2. The van der Waals surface area contributed by atoms with Gasteiger partial charge in [-0.05, 0) is 24.1 Å². The van der Waals surface area contributed by atoms with Crippen LogP contribution in [-0.2, 0) is 19.2 Å². The Morgan fingerprint density at radius 1 is 1.03 bits per heavy atom. The van der Waals surface area contributed by atoms with E-state index in [1.54, 1.807) is 43.3 Å². The SMILES string of the molecule is Cc1ccccc1N1C(=O)C2C(/C=C/c3ccccc3)NC(CC(=O)O)(C(=O)O)C2C1=O. The van der Waals surface area contributed by atoms with Gasteiger partial charge in [0.05, 0.1) is 23.9 Å². The number of hydrogen-bond acceptors (Lipinski definition) is 5. The van der Waals surface area contributed by atoms with E-state index in [0.717, 1.165) is 10.5 Å². The molecule has 0 saturated carbocycles. The Hall–Kier alpha value is -3.78. The Morgan fingerprint density at radius 2 is 1.69 bits per heavy atom. The van der Waals surface area contributed by atoms with E-state index in [2.05, 4.69) is 5.32 Å². The largest absolute Gasteiger partial charge is 0.481 e. The van der Waals surface area contributed by atoms with Crippen LogP contribution in [0.25, 0.3) is 6.08 Å². The van der Waals surface area contributed by atoms with E-state index in [4.69, 9.17) is 0 Å². The minimum atomic E-state index is -2.10. The number of carbonyl (C=O) groups excluding carboxylic acids is 2. The number of fused-ring (bicyclic) bond motifs is 1. The number of rotatable bonds is 6. The molecule has 2 amide bonds. The van der Waals surface area contributed by atoms with Crippen LogP contribution in [0.2, 0.25) is 0 Å². The number of benzene rings is 2. The molecule has 8 heteroatoms. The quantitative estimate of drug-likeness (QED) is 0.595. The molecule has 4 unspecified atom stereocenters. The van der Waals surface area contributed by atoms with E-state index < -0.39 is 53.6 Å². The first kappa shape index (κ1) is 21.5. The zero-order valence-corrected chi connectivity index (χ0v) is 17.3. The van der Waals surface area contributed by atoms with Crippen LogP contribution in [0.5, 0.6) is 0 Å². The molecule has 0 aliphatic carbocycles. The van der Waals surface area contributed by atoms with Crippen LogP contribution >= 0.6 is 0 Å². The standard InChI is InChI=1S/C24H22N2O6/c1-14-7-5-6-10-17(14)26-21(29)19-16(12-11-15-8-3-2-4-9-15)25-24(23(31)32,13-18(27)28)20(19)22(26)30/h2-12,16,19-20,25H,13H2,1H3,(H,27,28)(H,31,32)/b12-11+. The summed E-state index contributed by atoms with van der Waals surface area (Å²) in [7, 11) is 0. The first-order valence-corrected chi connectivity index (χ1v) is 10.2. The molecule has 4 atom stereocenters. The fourth-order valence-corrected chi connectivity index (χ4v) is 4.72. The summed E-state index contributed by atoms with van der Waals surface area (Å²) >= 11 is 0. The van der Waals surface area contributed by atoms with Crippen LogP contribution in [0.4, 0.5) is 5.69 Å². The van der Waals surface area contributed by atoms with Crippen molar-refractivity contribution in [3.63, 3.8) is 0 Å². The minimum Gasteiger partial charge on any atom is -0.481 e. The lowest BCUT2D eigenvalue weighted by atomic mass is 9.78. The molecule has 2 saturated heterocycles. The van der Waals surface area contributed by atoms with Crippen LogP contribution in [-0.4, -0.2) is 45.5 Å². The molecule has 8 nitrogen and oxygen atoms in total. The predicted molar refractivity (Wildman–Crippen MR) is 116 cm³/mol. The number of carboxylic acid groups (broad SMARTS) is 2. The van der Waals surface area contributed by atoms with Crippen molar-refractivity contribution in [2.24, 2.45) is 11.8 Å². The Morgan fingerprint density at radius 3 is 2.31 bits per heavy atom. The minimum absolute atomic E-state index is 0.373. The van der Waals surface area contributed by atoms with Gasteiger partial charge in [-0.3, -0.25) is 24.5 Å². The van der Waals surface area contributed by atoms with Gasteiger partial charge in [-0.15, -0.1) is 0 Å². The third kappa shape index (κ3) is 3.38. The van der Waals surface area contributed by atoms with Crippen molar-refractivity contribution in [1.29, 1.82) is 0 Å². The van der Waals surface area contributed by atoms with E-state index in [0.29, 0.717) is 11.3 Å². The molecular formula is C24H22N2O6. The average Bonchev–Trinajstić information content (AvgIpc) is 3.22. The van der Waals surface area contributed by atoms with Crippen LogP contribution < -0.4 is 10.2 Å². The molecule has 0 aromatic heterocycles. The van der Waals surface area contributed by atoms with Crippen molar-refractivity contribution in [2.45, 2.75) is 24.9 Å². The molecule has 2 heterocycles. The number of nitrogens with zero attached hydrogens (tertiary/aromatic N) is 1. The molecule has 0 bridgehead atoms.